The van der Waals surface area contributed by atoms with E-state index < -0.39 is 0 Å². The van der Waals surface area contributed by atoms with Gasteiger partial charge in [-0.05, 0) is 62.9 Å². The minimum Gasteiger partial charge on any atom is -0.383 e. The summed E-state index contributed by atoms with van der Waals surface area (Å²) in [4.78, 5) is 30.9. The molecule has 0 saturated carbocycles. The van der Waals surface area contributed by atoms with E-state index in [-0.39, 0.29) is 11.8 Å². The number of hydrogen-bond acceptors (Lipinski definition) is 6. The third-order valence-electron chi connectivity index (χ3n) is 6.42. The Morgan fingerprint density at radius 1 is 1.10 bits per heavy atom. The number of pyridine rings is 1. The van der Waals surface area contributed by atoms with E-state index >= 15 is 0 Å². The molecule has 7 heteroatoms. The Labute approximate surface area is 182 Å². The van der Waals surface area contributed by atoms with Crippen LogP contribution in [-0.2, 0) is 11.2 Å². The first-order valence-electron chi connectivity index (χ1n) is 11.1. The molecular formula is C24H28N6O. The van der Waals surface area contributed by atoms with Gasteiger partial charge in [-0.3, -0.25) is 9.69 Å². The molecule has 1 amide bonds. The van der Waals surface area contributed by atoms with Crippen LogP contribution in [0.1, 0.15) is 42.3 Å². The van der Waals surface area contributed by atoms with Crippen molar-refractivity contribution in [3.63, 3.8) is 0 Å². The number of anilines is 2. The molecule has 1 atom stereocenters. The van der Waals surface area contributed by atoms with Crippen molar-refractivity contribution in [2.24, 2.45) is 0 Å². The molecule has 1 fully saturated rings. The number of amides is 1. The number of nitrogen functional groups attached to an aromatic ring is 1. The van der Waals surface area contributed by atoms with Crippen molar-refractivity contribution in [2.45, 2.75) is 38.5 Å². The molecule has 1 aromatic carbocycles. The summed E-state index contributed by atoms with van der Waals surface area (Å²) in [6, 6.07) is 12.3. The number of piperidine rings is 1. The zero-order chi connectivity index (χ0) is 21.4. The average molecular weight is 417 g/mol. The zero-order valence-corrected chi connectivity index (χ0v) is 17.9. The SMILES string of the molecule is Cc1nc(N)c2ccc(C3CCCN(CC(=O)N4CCCc5ccccc54)C3)nc2n1. The number of aromatic nitrogens is 3. The number of nitrogens with two attached hydrogens (primary N) is 1. The quantitative estimate of drug-likeness (QED) is 0.706. The van der Waals surface area contributed by atoms with Crippen LogP contribution in [0.2, 0.25) is 0 Å². The van der Waals surface area contributed by atoms with Crippen LogP contribution in [0, 0.1) is 6.92 Å². The molecule has 0 bridgehead atoms. The summed E-state index contributed by atoms with van der Waals surface area (Å²) >= 11 is 0. The molecule has 7 nitrogen and oxygen atoms in total. The summed E-state index contributed by atoms with van der Waals surface area (Å²) in [5, 5.41) is 0.793. The van der Waals surface area contributed by atoms with Crippen LogP contribution in [0.25, 0.3) is 11.0 Å². The molecule has 2 aliphatic heterocycles. The third-order valence-corrected chi connectivity index (χ3v) is 6.42. The topological polar surface area (TPSA) is 88.2 Å². The van der Waals surface area contributed by atoms with Gasteiger partial charge in [0.15, 0.2) is 5.65 Å². The molecule has 160 valence electrons. The molecule has 1 unspecified atom stereocenters. The minimum atomic E-state index is 0.190. The van der Waals surface area contributed by atoms with Crippen molar-refractivity contribution >= 4 is 28.4 Å². The first kappa shape index (κ1) is 19.9. The van der Waals surface area contributed by atoms with Gasteiger partial charge in [0, 0.05) is 30.4 Å². The highest BCUT2D eigenvalue weighted by molar-refractivity contribution is 5.96. The van der Waals surface area contributed by atoms with Crippen LogP contribution in [0.3, 0.4) is 0 Å². The number of para-hydroxylation sites is 1. The van der Waals surface area contributed by atoms with Crippen LogP contribution in [0.4, 0.5) is 11.5 Å². The van der Waals surface area contributed by atoms with Gasteiger partial charge in [-0.2, -0.15) is 0 Å². The Morgan fingerprint density at radius 3 is 2.87 bits per heavy atom. The predicted molar refractivity (Wildman–Crippen MR) is 122 cm³/mol. The van der Waals surface area contributed by atoms with E-state index in [9.17, 15) is 4.79 Å². The van der Waals surface area contributed by atoms with E-state index in [1.165, 1.54) is 5.56 Å². The standard InChI is InChI=1S/C24H28N6O/c1-16-26-23(25)19-10-11-20(28-24(19)27-16)18-8-4-12-29(14-18)15-22(31)30-13-5-7-17-6-2-3-9-21(17)30/h2-3,6,9-11,18H,4-5,7-8,12-15H2,1H3,(H2,25,26,27,28). The maximum Gasteiger partial charge on any atom is 0.241 e. The fourth-order valence-electron chi connectivity index (χ4n) is 4.90. The molecule has 1 saturated heterocycles. The number of carbonyl (C=O) groups excluding carboxylic acids is 1. The first-order chi connectivity index (χ1) is 15.1. The van der Waals surface area contributed by atoms with Crippen molar-refractivity contribution in [1.29, 1.82) is 0 Å². The van der Waals surface area contributed by atoms with Gasteiger partial charge in [-0.1, -0.05) is 18.2 Å². The van der Waals surface area contributed by atoms with Crippen molar-refractivity contribution in [2.75, 3.05) is 36.8 Å². The maximum absolute atomic E-state index is 13.2. The number of likely N-dealkylation sites (tertiary alicyclic amines) is 1. The van der Waals surface area contributed by atoms with Crippen molar-refractivity contribution in [3.05, 3.63) is 53.5 Å². The predicted octanol–water partition coefficient (Wildman–Crippen LogP) is 3.07. The number of hydrogen-bond donors (Lipinski definition) is 1. The van der Waals surface area contributed by atoms with Crippen molar-refractivity contribution < 1.29 is 4.79 Å². The number of benzene rings is 1. The molecular weight excluding hydrogens is 388 g/mol. The van der Waals surface area contributed by atoms with Gasteiger partial charge in [-0.15, -0.1) is 0 Å². The number of aryl methyl sites for hydroxylation is 2. The average Bonchev–Trinajstić information content (AvgIpc) is 2.78. The minimum absolute atomic E-state index is 0.190. The second-order valence-corrected chi connectivity index (χ2v) is 8.62. The molecule has 0 radical (unpaired) electrons. The Kier molecular flexibility index (Phi) is 5.28. The van der Waals surface area contributed by atoms with E-state index in [4.69, 9.17) is 10.7 Å². The van der Waals surface area contributed by atoms with E-state index in [1.54, 1.807) is 0 Å². The van der Waals surface area contributed by atoms with Gasteiger partial charge in [0.1, 0.15) is 11.6 Å². The van der Waals surface area contributed by atoms with Crippen LogP contribution in [-0.4, -0.2) is 51.9 Å². The molecule has 0 aliphatic carbocycles. The van der Waals surface area contributed by atoms with Gasteiger partial charge in [0.25, 0.3) is 0 Å². The lowest BCUT2D eigenvalue weighted by Crippen LogP contribution is -2.45. The fourth-order valence-corrected chi connectivity index (χ4v) is 4.90. The molecule has 3 aromatic rings. The summed E-state index contributed by atoms with van der Waals surface area (Å²) in [5.74, 6) is 1.58. The van der Waals surface area contributed by atoms with Gasteiger partial charge in [0.05, 0.1) is 11.9 Å². The monoisotopic (exact) mass is 416 g/mol. The highest BCUT2D eigenvalue weighted by Crippen LogP contribution is 2.29. The lowest BCUT2D eigenvalue weighted by molar-refractivity contribution is -0.120. The third kappa shape index (κ3) is 3.97. The molecule has 5 rings (SSSR count). The summed E-state index contributed by atoms with van der Waals surface area (Å²) in [6.07, 6.45) is 4.19. The molecule has 2 aromatic heterocycles. The second kappa shape index (κ2) is 8.23. The lowest BCUT2D eigenvalue weighted by Gasteiger charge is -2.35. The van der Waals surface area contributed by atoms with Crippen LogP contribution in [0.5, 0.6) is 0 Å². The highest BCUT2D eigenvalue weighted by Gasteiger charge is 2.28. The Bertz CT molecular complexity index is 1130. The van der Waals surface area contributed by atoms with Crippen LogP contribution >= 0.6 is 0 Å². The molecule has 2 N–H and O–H groups in total. The normalized spacial score (nSPS) is 19.4. The lowest BCUT2D eigenvalue weighted by atomic mass is 9.94. The first-order valence-corrected chi connectivity index (χ1v) is 11.1. The van der Waals surface area contributed by atoms with Gasteiger partial charge in [0.2, 0.25) is 5.91 Å². The number of nitrogens with zero attached hydrogens (tertiary/aromatic N) is 5. The number of fused-ring (bicyclic) bond motifs is 2. The maximum atomic E-state index is 13.2. The molecule has 0 spiro atoms. The Balaban J connectivity index is 1.31. The van der Waals surface area contributed by atoms with Crippen LogP contribution in [0.15, 0.2) is 36.4 Å². The molecule has 2 aliphatic rings. The number of rotatable bonds is 3. The summed E-state index contributed by atoms with van der Waals surface area (Å²) in [6.45, 7) is 4.86. The summed E-state index contributed by atoms with van der Waals surface area (Å²) in [5.41, 5.74) is 10.1. The van der Waals surface area contributed by atoms with Crippen molar-refractivity contribution in [1.82, 2.24) is 19.9 Å². The van der Waals surface area contributed by atoms with E-state index in [0.29, 0.717) is 23.8 Å². The zero-order valence-electron chi connectivity index (χ0n) is 17.9. The Hall–Kier alpha value is -3.06. The molecule has 4 heterocycles. The largest absolute Gasteiger partial charge is 0.383 e. The summed E-state index contributed by atoms with van der Waals surface area (Å²) < 4.78 is 0. The van der Waals surface area contributed by atoms with E-state index in [1.807, 2.05) is 30.0 Å². The van der Waals surface area contributed by atoms with E-state index in [0.717, 1.165) is 62.1 Å². The van der Waals surface area contributed by atoms with Crippen LogP contribution < -0.4 is 10.6 Å². The molecule has 31 heavy (non-hydrogen) atoms. The van der Waals surface area contributed by atoms with Gasteiger partial charge >= 0.3 is 0 Å². The smallest absolute Gasteiger partial charge is 0.241 e. The van der Waals surface area contributed by atoms with Gasteiger partial charge < -0.3 is 10.6 Å². The van der Waals surface area contributed by atoms with Crippen molar-refractivity contribution in [3.8, 4) is 0 Å². The van der Waals surface area contributed by atoms with E-state index in [2.05, 4.69) is 33.1 Å². The highest BCUT2D eigenvalue weighted by atomic mass is 16.2. The fraction of sp³-hybridized carbons (Fsp3) is 0.417. The summed E-state index contributed by atoms with van der Waals surface area (Å²) in [7, 11) is 0. The second-order valence-electron chi connectivity index (χ2n) is 8.62. The Morgan fingerprint density at radius 2 is 1.97 bits per heavy atom. The van der Waals surface area contributed by atoms with Gasteiger partial charge in [-0.25, -0.2) is 15.0 Å². The number of carbonyl (C=O) groups is 1.